The fourth-order valence-corrected chi connectivity index (χ4v) is 1.75. The first-order valence-electron chi connectivity index (χ1n) is 6.51. The van der Waals surface area contributed by atoms with Crippen molar-refractivity contribution in [3.05, 3.63) is 35.4 Å². The first-order valence-corrected chi connectivity index (χ1v) is 6.51. The molecule has 0 fully saturated rings. The molecule has 0 saturated heterocycles. The monoisotopic (exact) mass is 279 g/mol. The molecule has 0 aromatic heterocycles. The molecule has 5 heteroatoms. The van der Waals surface area contributed by atoms with E-state index >= 15 is 0 Å². The van der Waals surface area contributed by atoms with E-state index in [0.29, 0.717) is 17.5 Å². The Hall–Kier alpha value is -1.88. The topological polar surface area (TPSA) is 75.6 Å². The summed E-state index contributed by atoms with van der Waals surface area (Å²) in [5, 5.41) is 12.6. The number of amides is 1. The second-order valence-corrected chi connectivity index (χ2v) is 5.10. The van der Waals surface area contributed by atoms with Gasteiger partial charge >= 0.3 is 5.97 Å². The van der Waals surface area contributed by atoms with Crippen molar-refractivity contribution < 1.29 is 19.4 Å². The minimum atomic E-state index is -1.03. The van der Waals surface area contributed by atoms with Gasteiger partial charge in [0.1, 0.15) is 6.04 Å². The number of hydrogen-bond acceptors (Lipinski definition) is 4. The molecule has 0 aliphatic carbocycles. The number of rotatable bonds is 5. The summed E-state index contributed by atoms with van der Waals surface area (Å²) in [6.07, 6.45) is 0.448. The zero-order valence-electron chi connectivity index (χ0n) is 12.3. The van der Waals surface area contributed by atoms with Crippen LogP contribution in [-0.4, -0.2) is 30.1 Å². The maximum absolute atomic E-state index is 12.1. The Morgan fingerprint density at radius 3 is 2.55 bits per heavy atom. The van der Waals surface area contributed by atoms with Crippen molar-refractivity contribution in [1.82, 2.24) is 5.32 Å². The maximum atomic E-state index is 12.1. The second kappa shape index (κ2) is 6.52. The van der Waals surface area contributed by atoms with E-state index < -0.39 is 17.6 Å². The summed E-state index contributed by atoms with van der Waals surface area (Å²) in [6, 6.07) is 6.02. The van der Waals surface area contributed by atoms with Crippen LogP contribution in [0.2, 0.25) is 0 Å². The summed E-state index contributed by atoms with van der Waals surface area (Å²) in [7, 11) is 1.28. The molecule has 1 unspecified atom stereocenters. The van der Waals surface area contributed by atoms with Gasteiger partial charge in [-0.2, -0.15) is 0 Å². The number of nitrogens with one attached hydrogen (secondary N) is 1. The Kier molecular flexibility index (Phi) is 5.27. The predicted molar refractivity (Wildman–Crippen MR) is 75.2 cm³/mol. The Labute approximate surface area is 118 Å². The molecular weight excluding hydrogens is 258 g/mol. The molecule has 0 saturated carbocycles. The number of aliphatic hydroxyl groups is 1. The van der Waals surface area contributed by atoms with Crippen LogP contribution in [0.3, 0.4) is 0 Å². The van der Waals surface area contributed by atoms with Crippen molar-refractivity contribution in [3.63, 3.8) is 0 Å². The molecule has 1 aromatic carbocycles. The maximum Gasteiger partial charge on any atom is 0.328 e. The Morgan fingerprint density at radius 1 is 1.40 bits per heavy atom. The van der Waals surface area contributed by atoms with Gasteiger partial charge in [0.05, 0.1) is 12.7 Å². The minimum absolute atomic E-state index is 0.367. The second-order valence-electron chi connectivity index (χ2n) is 5.10. The van der Waals surface area contributed by atoms with Crippen LogP contribution in [0.25, 0.3) is 0 Å². The van der Waals surface area contributed by atoms with E-state index in [1.807, 2.05) is 0 Å². The van der Waals surface area contributed by atoms with Gasteiger partial charge in [-0.05, 0) is 38.0 Å². The third kappa shape index (κ3) is 4.06. The lowest BCUT2D eigenvalue weighted by atomic mass is 9.96. The van der Waals surface area contributed by atoms with E-state index in [2.05, 4.69) is 10.1 Å². The first-order chi connectivity index (χ1) is 9.29. The molecule has 0 bridgehead atoms. The zero-order chi connectivity index (χ0) is 15.3. The molecule has 5 nitrogen and oxygen atoms in total. The molecule has 0 spiro atoms. The lowest BCUT2D eigenvalue weighted by Crippen LogP contribution is -2.41. The molecule has 1 amide bonds. The number of ether oxygens (including phenoxy) is 1. The molecule has 1 aromatic rings. The van der Waals surface area contributed by atoms with Crippen LogP contribution in [0.15, 0.2) is 24.3 Å². The first kappa shape index (κ1) is 16.2. The highest BCUT2D eigenvalue weighted by atomic mass is 16.5. The summed E-state index contributed by atoms with van der Waals surface area (Å²) >= 11 is 0. The predicted octanol–water partition coefficient (Wildman–Crippen LogP) is 1.60. The molecule has 20 heavy (non-hydrogen) atoms. The smallest absolute Gasteiger partial charge is 0.328 e. The van der Waals surface area contributed by atoms with Crippen molar-refractivity contribution >= 4 is 11.9 Å². The van der Waals surface area contributed by atoms with E-state index in [0.717, 1.165) is 0 Å². The van der Waals surface area contributed by atoms with Crippen molar-refractivity contribution in [1.29, 1.82) is 0 Å². The molecule has 1 rings (SSSR count). The number of esters is 1. The molecule has 2 N–H and O–H groups in total. The number of hydrogen-bond donors (Lipinski definition) is 2. The van der Waals surface area contributed by atoms with Crippen LogP contribution < -0.4 is 5.32 Å². The van der Waals surface area contributed by atoms with Crippen LogP contribution in [0, 0.1) is 0 Å². The quantitative estimate of drug-likeness (QED) is 0.803. The minimum Gasteiger partial charge on any atom is -0.467 e. The van der Waals surface area contributed by atoms with Gasteiger partial charge in [-0.15, -0.1) is 0 Å². The number of methoxy groups -OCH3 is 1. The van der Waals surface area contributed by atoms with Crippen LogP contribution in [0.1, 0.15) is 43.1 Å². The highest BCUT2D eigenvalue weighted by molar-refractivity contribution is 5.96. The van der Waals surface area contributed by atoms with Crippen molar-refractivity contribution in [2.75, 3.05) is 7.11 Å². The van der Waals surface area contributed by atoms with Crippen LogP contribution >= 0.6 is 0 Å². The van der Waals surface area contributed by atoms with Gasteiger partial charge in [-0.25, -0.2) is 4.79 Å². The summed E-state index contributed by atoms with van der Waals surface area (Å²) in [5.74, 6) is -0.840. The average Bonchev–Trinajstić information content (AvgIpc) is 2.42. The fraction of sp³-hybridized carbons (Fsp3) is 0.467. The molecule has 0 heterocycles. The Bertz CT molecular complexity index is 491. The average molecular weight is 279 g/mol. The summed E-state index contributed by atoms with van der Waals surface area (Å²) < 4.78 is 4.62. The standard InChI is InChI=1S/C15H21NO4/c1-5-12(14(18)20-4)16-13(17)10-7-6-8-11(9-10)15(2,3)19/h6-9,12,19H,5H2,1-4H3,(H,16,17). The third-order valence-corrected chi connectivity index (χ3v) is 3.03. The highest BCUT2D eigenvalue weighted by Gasteiger charge is 2.21. The fourth-order valence-electron chi connectivity index (χ4n) is 1.75. The largest absolute Gasteiger partial charge is 0.467 e. The summed E-state index contributed by atoms with van der Waals surface area (Å²) in [5.41, 5.74) is 0.00578. The van der Waals surface area contributed by atoms with Crippen LogP contribution in [0.4, 0.5) is 0 Å². The lowest BCUT2D eigenvalue weighted by Gasteiger charge is -2.19. The normalized spacial score (nSPS) is 12.7. The lowest BCUT2D eigenvalue weighted by molar-refractivity contribution is -0.142. The van der Waals surface area contributed by atoms with Gasteiger partial charge < -0.3 is 15.2 Å². The van der Waals surface area contributed by atoms with Gasteiger partial charge in [0.25, 0.3) is 5.91 Å². The molecule has 110 valence electrons. The number of benzene rings is 1. The summed E-state index contributed by atoms with van der Waals surface area (Å²) in [4.78, 5) is 23.6. The van der Waals surface area contributed by atoms with E-state index in [1.54, 1.807) is 45.0 Å². The van der Waals surface area contributed by atoms with Gasteiger partial charge in [0.15, 0.2) is 0 Å². The van der Waals surface area contributed by atoms with E-state index in [4.69, 9.17) is 0 Å². The van der Waals surface area contributed by atoms with Gasteiger partial charge in [-0.1, -0.05) is 19.1 Å². The third-order valence-electron chi connectivity index (χ3n) is 3.03. The van der Waals surface area contributed by atoms with E-state index in [1.165, 1.54) is 7.11 Å². The highest BCUT2D eigenvalue weighted by Crippen LogP contribution is 2.20. The SMILES string of the molecule is CCC(NC(=O)c1cccc(C(C)(C)O)c1)C(=O)OC. The van der Waals surface area contributed by atoms with E-state index in [9.17, 15) is 14.7 Å². The Morgan fingerprint density at radius 2 is 2.05 bits per heavy atom. The molecule has 0 aliphatic rings. The molecule has 0 aliphatic heterocycles. The summed E-state index contributed by atoms with van der Waals surface area (Å²) in [6.45, 7) is 5.08. The van der Waals surface area contributed by atoms with Gasteiger partial charge in [-0.3, -0.25) is 4.79 Å². The van der Waals surface area contributed by atoms with Crippen molar-refractivity contribution in [3.8, 4) is 0 Å². The Balaban J connectivity index is 2.90. The van der Waals surface area contributed by atoms with Gasteiger partial charge in [0.2, 0.25) is 0 Å². The number of carbonyl (C=O) groups excluding carboxylic acids is 2. The molecule has 0 radical (unpaired) electrons. The zero-order valence-corrected chi connectivity index (χ0v) is 12.3. The van der Waals surface area contributed by atoms with Crippen molar-refractivity contribution in [2.45, 2.75) is 38.8 Å². The van der Waals surface area contributed by atoms with Crippen LogP contribution in [-0.2, 0) is 15.1 Å². The van der Waals surface area contributed by atoms with Gasteiger partial charge in [0, 0.05) is 5.56 Å². The molecular formula is C15H21NO4. The number of carbonyl (C=O) groups is 2. The van der Waals surface area contributed by atoms with E-state index in [-0.39, 0.29) is 5.91 Å². The van der Waals surface area contributed by atoms with Crippen LogP contribution in [0.5, 0.6) is 0 Å². The van der Waals surface area contributed by atoms with Crippen molar-refractivity contribution in [2.24, 2.45) is 0 Å². The molecule has 1 atom stereocenters.